The Hall–Kier alpha value is -1.39. The van der Waals surface area contributed by atoms with Crippen molar-refractivity contribution in [3.63, 3.8) is 0 Å². The van der Waals surface area contributed by atoms with Crippen LogP contribution in [0.1, 0.15) is 21.1 Å². The quantitative estimate of drug-likeness (QED) is 0.902. The van der Waals surface area contributed by atoms with Crippen molar-refractivity contribution < 1.29 is 9.84 Å². The Morgan fingerprint density at radius 2 is 2.06 bits per heavy atom. The van der Waals surface area contributed by atoms with Crippen LogP contribution in [0.3, 0.4) is 0 Å². The van der Waals surface area contributed by atoms with Crippen molar-refractivity contribution in [2.45, 2.75) is 26.9 Å². The Kier molecular flexibility index (Phi) is 4.33. The molecule has 0 fully saturated rings. The number of thiazole rings is 1. The number of para-hydroxylation sites is 1. The molecule has 3 nitrogen and oxygen atoms in total. The van der Waals surface area contributed by atoms with Crippen molar-refractivity contribution >= 4 is 11.3 Å². The molecule has 18 heavy (non-hydrogen) atoms. The summed E-state index contributed by atoms with van der Waals surface area (Å²) in [6.45, 7) is 4.65. The van der Waals surface area contributed by atoms with E-state index in [1.54, 1.807) is 11.3 Å². The third-order valence-electron chi connectivity index (χ3n) is 2.72. The maximum Gasteiger partial charge on any atom is 0.140 e. The standard InChI is InChI=1S/C14H17NO2S/c1-10-5-3-4-6-12(10)17-9-14-15-11(2)13(18-14)7-8-16/h3-6,16H,7-9H2,1-2H3. The van der Waals surface area contributed by atoms with E-state index in [4.69, 9.17) is 9.84 Å². The van der Waals surface area contributed by atoms with Gasteiger partial charge in [-0.2, -0.15) is 0 Å². The molecule has 1 N–H and O–H groups in total. The number of benzene rings is 1. The molecular weight excluding hydrogens is 246 g/mol. The molecule has 1 heterocycles. The minimum Gasteiger partial charge on any atom is -0.486 e. The van der Waals surface area contributed by atoms with Crippen LogP contribution in [-0.2, 0) is 13.0 Å². The summed E-state index contributed by atoms with van der Waals surface area (Å²) in [4.78, 5) is 5.60. The lowest BCUT2D eigenvalue weighted by Gasteiger charge is -2.06. The van der Waals surface area contributed by atoms with Gasteiger partial charge >= 0.3 is 0 Å². The summed E-state index contributed by atoms with van der Waals surface area (Å²) >= 11 is 1.61. The van der Waals surface area contributed by atoms with E-state index in [1.165, 1.54) is 0 Å². The van der Waals surface area contributed by atoms with Gasteiger partial charge in [-0.3, -0.25) is 0 Å². The summed E-state index contributed by atoms with van der Waals surface area (Å²) in [6, 6.07) is 7.95. The van der Waals surface area contributed by atoms with E-state index >= 15 is 0 Å². The second-order valence-corrected chi connectivity index (χ2v) is 5.31. The topological polar surface area (TPSA) is 42.4 Å². The summed E-state index contributed by atoms with van der Waals surface area (Å²) in [6.07, 6.45) is 0.674. The first-order chi connectivity index (χ1) is 8.70. The predicted molar refractivity (Wildman–Crippen MR) is 73.2 cm³/mol. The maximum absolute atomic E-state index is 8.95. The zero-order valence-electron chi connectivity index (χ0n) is 10.6. The van der Waals surface area contributed by atoms with Crippen molar-refractivity contribution in [1.29, 1.82) is 0 Å². The van der Waals surface area contributed by atoms with Crippen LogP contribution in [0.2, 0.25) is 0 Å². The number of aryl methyl sites for hydroxylation is 2. The van der Waals surface area contributed by atoms with E-state index in [0.29, 0.717) is 13.0 Å². The van der Waals surface area contributed by atoms with Crippen LogP contribution in [-0.4, -0.2) is 16.7 Å². The highest BCUT2D eigenvalue weighted by atomic mass is 32.1. The highest BCUT2D eigenvalue weighted by molar-refractivity contribution is 7.11. The third kappa shape index (κ3) is 3.09. The van der Waals surface area contributed by atoms with Gasteiger partial charge in [0.15, 0.2) is 0 Å². The van der Waals surface area contributed by atoms with Crippen LogP contribution < -0.4 is 4.74 Å². The molecule has 1 aromatic heterocycles. The Morgan fingerprint density at radius 1 is 1.28 bits per heavy atom. The van der Waals surface area contributed by atoms with E-state index in [2.05, 4.69) is 4.98 Å². The fraction of sp³-hybridized carbons (Fsp3) is 0.357. The number of nitrogens with zero attached hydrogens (tertiary/aromatic N) is 1. The second-order valence-electron chi connectivity index (χ2n) is 4.14. The molecule has 0 aliphatic carbocycles. The molecule has 0 saturated heterocycles. The van der Waals surface area contributed by atoms with Gasteiger partial charge in [0.05, 0.1) is 5.69 Å². The fourth-order valence-electron chi connectivity index (χ4n) is 1.74. The molecule has 4 heteroatoms. The van der Waals surface area contributed by atoms with Crippen LogP contribution in [0.4, 0.5) is 0 Å². The van der Waals surface area contributed by atoms with Crippen molar-refractivity contribution in [2.75, 3.05) is 6.61 Å². The van der Waals surface area contributed by atoms with Gasteiger partial charge in [-0.1, -0.05) is 18.2 Å². The number of aromatic nitrogens is 1. The molecule has 0 aliphatic heterocycles. The van der Waals surface area contributed by atoms with E-state index in [-0.39, 0.29) is 6.61 Å². The molecule has 96 valence electrons. The number of hydrogen-bond acceptors (Lipinski definition) is 4. The first-order valence-electron chi connectivity index (χ1n) is 5.95. The lowest BCUT2D eigenvalue weighted by molar-refractivity contribution is 0.300. The lowest BCUT2D eigenvalue weighted by Crippen LogP contribution is -1.96. The monoisotopic (exact) mass is 263 g/mol. The molecule has 2 aromatic rings. The second kappa shape index (κ2) is 5.98. The Labute approximate surface area is 111 Å². The SMILES string of the molecule is Cc1ccccc1OCc1nc(C)c(CCO)s1. The molecule has 0 unspecified atom stereocenters. The number of aliphatic hydroxyl groups is 1. The third-order valence-corrected chi connectivity index (χ3v) is 3.91. The molecule has 0 amide bonds. The summed E-state index contributed by atoms with van der Waals surface area (Å²) < 4.78 is 5.75. The van der Waals surface area contributed by atoms with Gasteiger partial charge in [-0.15, -0.1) is 11.3 Å². The highest BCUT2D eigenvalue weighted by Crippen LogP contribution is 2.22. The molecule has 0 spiro atoms. The summed E-state index contributed by atoms with van der Waals surface area (Å²) in [5.74, 6) is 0.897. The first kappa shape index (κ1) is 13.1. The van der Waals surface area contributed by atoms with E-state index in [9.17, 15) is 0 Å². The number of hydrogen-bond donors (Lipinski definition) is 1. The molecule has 1 aromatic carbocycles. The molecule has 0 aliphatic rings. The van der Waals surface area contributed by atoms with E-state index < -0.39 is 0 Å². The molecule has 0 atom stereocenters. The van der Waals surface area contributed by atoms with Crippen molar-refractivity contribution in [3.8, 4) is 5.75 Å². The number of ether oxygens (including phenoxy) is 1. The summed E-state index contributed by atoms with van der Waals surface area (Å²) in [7, 11) is 0. The zero-order chi connectivity index (χ0) is 13.0. The van der Waals surface area contributed by atoms with Crippen LogP contribution in [0.5, 0.6) is 5.75 Å². The van der Waals surface area contributed by atoms with Gasteiger partial charge in [0.1, 0.15) is 17.4 Å². The molecular formula is C14H17NO2S. The van der Waals surface area contributed by atoms with Gasteiger partial charge in [0.25, 0.3) is 0 Å². The molecule has 0 radical (unpaired) electrons. The van der Waals surface area contributed by atoms with Gasteiger partial charge in [0.2, 0.25) is 0 Å². The minimum atomic E-state index is 0.168. The Balaban J connectivity index is 2.02. The lowest BCUT2D eigenvalue weighted by atomic mass is 10.2. The number of aliphatic hydroxyl groups excluding tert-OH is 1. The largest absolute Gasteiger partial charge is 0.486 e. The Morgan fingerprint density at radius 3 is 2.78 bits per heavy atom. The normalized spacial score (nSPS) is 10.6. The van der Waals surface area contributed by atoms with Gasteiger partial charge in [-0.05, 0) is 25.5 Å². The zero-order valence-corrected chi connectivity index (χ0v) is 11.5. The van der Waals surface area contributed by atoms with Crippen LogP contribution in [0.15, 0.2) is 24.3 Å². The smallest absolute Gasteiger partial charge is 0.140 e. The molecule has 2 rings (SSSR count). The van der Waals surface area contributed by atoms with Gasteiger partial charge in [0, 0.05) is 17.9 Å². The van der Waals surface area contributed by atoms with Gasteiger partial charge in [-0.25, -0.2) is 4.98 Å². The van der Waals surface area contributed by atoms with Crippen LogP contribution in [0, 0.1) is 13.8 Å². The average molecular weight is 263 g/mol. The average Bonchev–Trinajstić information content (AvgIpc) is 2.70. The van der Waals surface area contributed by atoms with Crippen LogP contribution in [0.25, 0.3) is 0 Å². The Bertz CT molecular complexity index is 522. The predicted octanol–water partition coefficient (Wildman–Crippen LogP) is 2.87. The maximum atomic E-state index is 8.95. The fourth-order valence-corrected chi connectivity index (χ4v) is 2.71. The van der Waals surface area contributed by atoms with Crippen molar-refractivity contribution in [3.05, 3.63) is 45.4 Å². The first-order valence-corrected chi connectivity index (χ1v) is 6.77. The number of rotatable bonds is 5. The molecule has 0 bridgehead atoms. The van der Waals surface area contributed by atoms with Gasteiger partial charge < -0.3 is 9.84 Å². The van der Waals surface area contributed by atoms with Crippen LogP contribution >= 0.6 is 11.3 Å². The van der Waals surface area contributed by atoms with Crippen molar-refractivity contribution in [2.24, 2.45) is 0 Å². The van der Waals surface area contributed by atoms with Crippen molar-refractivity contribution in [1.82, 2.24) is 4.98 Å². The summed E-state index contributed by atoms with van der Waals surface area (Å²) in [5, 5.41) is 9.90. The van der Waals surface area contributed by atoms with E-state index in [0.717, 1.165) is 26.9 Å². The summed E-state index contributed by atoms with van der Waals surface area (Å²) in [5.41, 5.74) is 2.12. The highest BCUT2D eigenvalue weighted by Gasteiger charge is 2.08. The molecule has 0 saturated carbocycles. The minimum absolute atomic E-state index is 0.168. The van der Waals surface area contributed by atoms with E-state index in [1.807, 2.05) is 38.1 Å².